The molecule has 0 unspecified atom stereocenters. The van der Waals surface area contributed by atoms with E-state index in [1.54, 1.807) is 18.0 Å². The van der Waals surface area contributed by atoms with E-state index in [0.29, 0.717) is 11.0 Å². The largest absolute Gasteiger partial charge is 0.354 e. The second kappa shape index (κ2) is 6.09. The Bertz CT molecular complexity index is 293. The topological polar surface area (TPSA) is 37.8 Å². The Labute approximate surface area is 93.7 Å². The molecule has 14 heavy (non-hydrogen) atoms. The molecule has 1 N–H and O–H groups in total. The lowest BCUT2D eigenvalue weighted by molar-refractivity contribution is 1.01. The molecule has 0 aliphatic heterocycles. The normalized spacial score (nSPS) is 10.2. The molecular weight excluding hydrogens is 218 g/mol. The molecule has 1 heterocycles. The van der Waals surface area contributed by atoms with Gasteiger partial charge in [-0.3, -0.25) is 0 Å². The number of thioether (sulfide) groups is 1. The summed E-state index contributed by atoms with van der Waals surface area (Å²) in [6.45, 7) is 4.96. The summed E-state index contributed by atoms with van der Waals surface area (Å²) in [5, 5.41) is 4.55. The van der Waals surface area contributed by atoms with Gasteiger partial charge in [0.2, 0.25) is 5.95 Å². The number of hydrogen-bond acceptors (Lipinski definition) is 4. The fraction of sp³-hybridized carbons (Fsp3) is 0.556. The van der Waals surface area contributed by atoms with Gasteiger partial charge in [-0.25, -0.2) is 9.97 Å². The third-order valence-corrected chi connectivity index (χ3v) is 3.08. The van der Waals surface area contributed by atoms with E-state index >= 15 is 0 Å². The summed E-state index contributed by atoms with van der Waals surface area (Å²) in [5.41, 5.74) is 0. The van der Waals surface area contributed by atoms with E-state index in [1.165, 1.54) is 0 Å². The van der Waals surface area contributed by atoms with Crippen LogP contribution in [0.15, 0.2) is 11.2 Å². The summed E-state index contributed by atoms with van der Waals surface area (Å²) < 4.78 is 0. The van der Waals surface area contributed by atoms with Crippen molar-refractivity contribution in [2.45, 2.75) is 25.3 Å². The van der Waals surface area contributed by atoms with Crippen LogP contribution in [0.1, 0.15) is 20.3 Å². The Kier molecular flexibility index (Phi) is 5.04. The average Bonchev–Trinajstić information content (AvgIpc) is 2.19. The molecule has 0 aliphatic rings. The summed E-state index contributed by atoms with van der Waals surface area (Å²) in [6.07, 6.45) is 2.76. The molecule has 1 aromatic rings. The maximum absolute atomic E-state index is 5.96. The standard InChI is InChI=1S/C9H14ClN3S/c1-3-5-14-8-7(10)6-12-9(13-8)11-4-2/h6H,3-5H2,1-2H3,(H,11,12,13). The monoisotopic (exact) mass is 231 g/mol. The number of nitrogens with one attached hydrogen (secondary N) is 1. The van der Waals surface area contributed by atoms with Crippen LogP contribution in [0.4, 0.5) is 5.95 Å². The quantitative estimate of drug-likeness (QED) is 0.625. The molecule has 1 aromatic heterocycles. The van der Waals surface area contributed by atoms with E-state index in [-0.39, 0.29) is 0 Å². The zero-order valence-electron chi connectivity index (χ0n) is 8.38. The highest BCUT2D eigenvalue weighted by Gasteiger charge is 2.04. The van der Waals surface area contributed by atoms with Gasteiger partial charge >= 0.3 is 0 Å². The Morgan fingerprint density at radius 1 is 1.50 bits per heavy atom. The number of halogens is 1. The van der Waals surface area contributed by atoms with Crippen molar-refractivity contribution < 1.29 is 0 Å². The lowest BCUT2D eigenvalue weighted by Gasteiger charge is -2.05. The third kappa shape index (κ3) is 3.35. The fourth-order valence-electron chi connectivity index (χ4n) is 0.895. The molecule has 0 aromatic carbocycles. The third-order valence-electron chi connectivity index (χ3n) is 1.49. The number of rotatable bonds is 5. The first-order valence-electron chi connectivity index (χ1n) is 4.67. The van der Waals surface area contributed by atoms with Crippen LogP contribution in [0.5, 0.6) is 0 Å². The SMILES string of the molecule is CCCSc1nc(NCC)ncc1Cl. The number of anilines is 1. The summed E-state index contributed by atoms with van der Waals surface area (Å²) in [6, 6.07) is 0. The highest BCUT2D eigenvalue weighted by atomic mass is 35.5. The van der Waals surface area contributed by atoms with Crippen LogP contribution in [-0.4, -0.2) is 22.3 Å². The van der Waals surface area contributed by atoms with Gasteiger partial charge in [-0.2, -0.15) is 0 Å². The number of nitrogens with zero attached hydrogens (tertiary/aromatic N) is 2. The van der Waals surface area contributed by atoms with Crippen LogP contribution in [-0.2, 0) is 0 Å². The summed E-state index contributed by atoms with van der Waals surface area (Å²) in [4.78, 5) is 8.38. The molecule has 0 saturated carbocycles. The minimum Gasteiger partial charge on any atom is -0.354 e. The second-order valence-electron chi connectivity index (χ2n) is 2.73. The van der Waals surface area contributed by atoms with Crippen molar-refractivity contribution >= 4 is 29.3 Å². The van der Waals surface area contributed by atoms with E-state index in [2.05, 4.69) is 22.2 Å². The van der Waals surface area contributed by atoms with Crippen LogP contribution in [0, 0.1) is 0 Å². The maximum Gasteiger partial charge on any atom is 0.223 e. The van der Waals surface area contributed by atoms with Crippen molar-refractivity contribution in [3.8, 4) is 0 Å². The molecular formula is C9H14ClN3S. The number of hydrogen-bond donors (Lipinski definition) is 1. The lowest BCUT2D eigenvalue weighted by atomic mass is 10.6. The number of aromatic nitrogens is 2. The minimum atomic E-state index is 0.630. The van der Waals surface area contributed by atoms with Crippen molar-refractivity contribution in [2.24, 2.45) is 0 Å². The van der Waals surface area contributed by atoms with Crippen molar-refractivity contribution in [1.29, 1.82) is 0 Å². The molecule has 0 fully saturated rings. The van der Waals surface area contributed by atoms with E-state index in [9.17, 15) is 0 Å². The molecule has 0 spiro atoms. The molecule has 3 nitrogen and oxygen atoms in total. The minimum absolute atomic E-state index is 0.630. The Morgan fingerprint density at radius 2 is 2.29 bits per heavy atom. The first kappa shape index (κ1) is 11.6. The zero-order valence-corrected chi connectivity index (χ0v) is 9.95. The van der Waals surface area contributed by atoms with Gasteiger partial charge in [-0.15, -0.1) is 11.8 Å². The van der Waals surface area contributed by atoms with E-state index < -0.39 is 0 Å². The van der Waals surface area contributed by atoms with Crippen LogP contribution < -0.4 is 5.32 Å². The first-order valence-corrected chi connectivity index (χ1v) is 6.03. The van der Waals surface area contributed by atoms with Crippen molar-refractivity contribution in [1.82, 2.24) is 9.97 Å². The summed E-state index contributed by atoms with van der Waals surface area (Å²) >= 11 is 7.62. The zero-order chi connectivity index (χ0) is 10.4. The van der Waals surface area contributed by atoms with Gasteiger partial charge in [0.1, 0.15) is 5.03 Å². The van der Waals surface area contributed by atoms with Crippen molar-refractivity contribution in [3.05, 3.63) is 11.2 Å². The molecule has 0 bridgehead atoms. The van der Waals surface area contributed by atoms with Crippen LogP contribution in [0.2, 0.25) is 5.02 Å². The van der Waals surface area contributed by atoms with Crippen molar-refractivity contribution in [2.75, 3.05) is 17.6 Å². The van der Waals surface area contributed by atoms with Crippen LogP contribution in [0.25, 0.3) is 0 Å². The predicted octanol–water partition coefficient (Wildman–Crippen LogP) is 3.06. The Balaban J connectivity index is 2.74. The van der Waals surface area contributed by atoms with Gasteiger partial charge in [0.25, 0.3) is 0 Å². The van der Waals surface area contributed by atoms with E-state index in [1.807, 2.05) is 6.92 Å². The van der Waals surface area contributed by atoms with Gasteiger partial charge in [0.15, 0.2) is 0 Å². The van der Waals surface area contributed by atoms with Gasteiger partial charge in [-0.1, -0.05) is 18.5 Å². The molecule has 0 aliphatic carbocycles. The molecule has 0 amide bonds. The average molecular weight is 232 g/mol. The summed E-state index contributed by atoms with van der Waals surface area (Å²) in [5.74, 6) is 1.68. The molecule has 1 rings (SSSR count). The molecule has 0 atom stereocenters. The van der Waals surface area contributed by atoms with Gasteiger partial charge < -0.3 is 5.32 Å². The lowest BCUT2D eigenvalue weighted by Crippen LogP contribution is -2.02. The second-order valence-corrected chi connectivity index (χ2v) is 4.22. The fourth-order valence-corrected chi connectivity index (χ4v) is 1.89. The van der Waals surface area contributed by atoms with E-state index in [4.69, 9.17) is 11.6 Å². The molecule has 0 radical (unpaired) electrons. The van der Waals surface area contributed by atoms with Crippen LogP contribution >= 0.6 is 23.4 Å². The molecule has 5 heteroatoms. The molecule has 78 valence electrons. The van der Waals surface area contributed by atoms with Gasteiger partial charge in [-0.05, 0) is 19.1 Å². The Hall–Kier alpha value is -0.480. The van der Waals surface area contributed by atoms with Gasteiger partial charge in [0, 0.05) is 6.54 Å². The van der Waals surface area contributed by atoms with Crippen molar-refractivity contribution in [3.63, 3.8) is 0 Å². The molecule has 0 saturated heterocycles. The highest BCUT2D eigenvalue weighted by Crippen LogP contribution is 2.25. The highest BCUT2D eigenvalue weighted by molar-refractivity contribution is 7.99. The first-order chi connectivity index (χ1) is 6.77. The van der Waals surface area contributed by atoms with Gasteiger partial charge in [0.05, 0.1) is 11.2 Å². The predicted molar refractivity (Wildman–Crippen MR) is 62.2 cm³/mol. The summed E-state index contributed by atoms with van der Waals surface area (Å²) in [7, 11) is 0. The Morgan fingerprint density at radius 3 is 2.93 bits per heavy atom. The van der Waals surface area contributed by atoms with Crippen LogP contribution in [0.3, 0.4) is 0 Å². The maximum atomic E-state index is 5.96. The smallest absolute Gasteiger partial charge is 0.223 e. The van der Waals surface area contributed by atoms with E-state index in [0.717, 1.165) is 23.7 Å².